The van der Waals surface area contributed by atoms with Crippen LogP contribution in [0.4, 0.5) is 5.69 Å². The minimum Gasteiger partial charge on any atom is -0.399 e. The molecule has 21 heavy (non-hydrogen) atoms. The van der Waals surface area contributed by atoms with Gasteiger partial charge in [0.2, 0.25) is 0 Å². The van der Waals surface area contributed by atoms with Crippen LogP contribution in [0.15, 0.2) is 42.6 Å². The molecule has 0 amide bonds. The molecule has 106 valence electrons. The molecule has 0 spiro atoms. The van der Waals surface area contributed by atoms with Crippen LogP contribution in [0.5, 0.6) is 0 Å². The van der Waals surface area contributed by atoms with Gasteiger partial charge in [0.1, 0.15) is 0 Å². The average molecular weight is 278 g/mol. The number of anilines is 1. The molecule has 3 heteroatoms. The number of hydrogen-bond acceptors (Lipinski definition) is 2. The van der Waals surface area contributed by atoms with Crippen molar-refractivity contribution in [3.8, 4) is 0 Å². The fourth-order valence-corrected chi connectivity index (χ4v) is 2.65. The van der Waals surface area contributed by atoms with Gasteiger partial charge in [-0.25, -0.2) is 0 Å². The summed E-state index contributed by atoms with van der Waals surface area (Å²) in [4.78, 5) is 12.8. The van der Waals surface area contributed by atoms with Crippen molar-refractivity contribution in [2.75, 3.05) is 5.73 Å². The summed E-state index contributed by atoms with van der Waals surface area (Å²) in [6, 6.07) is 11.6. The smallest absolute Gasteiger partial charge is 0.195 e. The highest BCUT2D eigenvalue weighted by atomic mass is 16.1. The third kappa shape index (κ3) is 2.21. The Bertz CT molecular complexity index is 859. The Hall–Kier alpha value is -2.55. The van der Waals surface area contributed by atoms with E-state index in [9.17, 15) is 4.79 Å². The van der Waals surface area contributed by atoms with Crippen molar-refractivity contribution in [3.05, 3.63) is 64.8 Å². The molecule has 0 aliphatic rings. The van der Waals surface area contributed by atoms with Gasteiger partial charge in [0.15, 0.2) is 5.78 Å². The number of aromatic nitrogens is 1. The molecule has 0 aliphatic heterocycles. The molecule has 0 unspecified atom stereocenters. The first kappa shape index (κ1) is 13.4. The lowest BCUT2D eigenvalue weighted by Crippen LogP contribution is -2.02. The van der Waals surface area contributed by atoms with Gasteiger partial charge in [-0.2, -0.15) is 0 Å². The van der Waals surface area contributed by atoms with Crippen LogP contribution in [0.2, 0.25) is 0 Å². The Morgan fingerprint density at radius 3 is 2.57 bits per heavy atom. The predicted molar refractivity (Wildman–Crippen MR) is 86.7 cm³/mol. The highest BCUT2D eigenvalue weighted by molar-refractivity contribution is 6.16. The number of rotatable bonds is 2. The topological polar surface area (TPSA) is 48.0 Å². The van der Waals surface area contributed by atoms with E-state index in [-0.39, 0.29) is 5.78 Å². The first-order valence-corrected chi connectivity index (χ1v) is 6.94. The molecule has 3 rings (SSSR count). The molecule has 2 N–H and O–H groups in total. The lowest BCUT2D eigenvalue weighted by atomic mass is 10.00. The molecule has 1 heterocycles. The summed E-state index contributed by atoms with van der Waals surface area (Å²) in [5.74, 6) is 0.0348. The van der Waals surface area contributed by atoms with Gasteiger partial charge in [0.25, 0.3) is 0 Å². The Morgan fingerprint density at radius 2 is 1.86 bits per heavy atom. The molecule has 0 bridgehead atoms. The highest BCUT2D eigenvalue weighted by Gasteiger charge is 2.16. The number of hydrogen-bond donors (Lipinski definition) is 1. The van der Waals surface area contributed by atoms with E-state index in [0.717, 1.165) is 22.0 Å². The maximum atomic E-state index is 12.8. The molecular weight excluding hydrogens is 260 g/mol. The second-order valence-corrected chi connectivity index (χ2v) is 5.57. The van der Waals surface area contributed by atoms with E-state index in [1.165, 1.54) is 5.56 Å². The van der Waals surface area contributed by atoms with Crippen LogP contribution in [0.1, 0.15) is 27.0 Å². The minimum absolute atomic E-state index is 0.0348. The fourth-order valence-electron chi connectivity index (χ4n) is 2.65. The second-order valence-electron chi connectivity index (χ2n) is 5.57. The van der Waals surface area contributed by atoms with Crippen LogP contribution < -0.4 is 5.73 Å². The summed E-state index contributed by atoms with van der Waals surface area (Å²) in [7, 11) is 1.97. The number of nitrogen functional groups attached to an aromatic ring is 1. The average Bonchev–Trinajstić information content (AvgIpc) is 2.78. The van der Waals surface area contributed by atoms with Gasteiger partial charge >= 0.3 is 0 Å². The summed E-state index contributed by atoms with van der Waals surface area (Å²) < 4.78 is 2.00. The van der Waals surface area contributed by atoms with Crippen LogP contribution in [0, 0.1) is 13.8 Å². The van der Waals surface area contributed by atoms with Gasteiger partial charge in [-0.1, -0.05) is 12.1 Å². The standard InChI is InChI=1S/C18H18N2O/c1-11-4-6-14-15(10-20(3)17(14)8-11)18(21)13-5-7-16(19)12(2)9-13/h4-10H,19H2,1-3H3. The second kappa shape index (κ2) is 4.77. The quantitative estimate of drug-likeness (QED) is 0.575. The number of nitrogens with two attached hydrogens (primary N) is 1. The van der Waals surface area contributed by atoms with Crippen molar-refractivity contribution in [3.63, 3.8) is 0 Å². The summed E-state index contributed by atoms with van der Waals surface area (Å²) >= 11 is 0. The third-order valence-corrected chi connectivity index (χ3v) is 3.92. The summed E-state index contributed by atoms with van der Waals surface area (Å²) in [6.45, 7) is 3.97. The maximum Gasteiger partial charge on any atom is 0.195 e. The third-order valence-electron chi connectivity index (χ3n) is 3.92. The Morgan fingerprint density at radius 1 is 1.10 bits per heavy atom. The molecule has 0 saturated carbocycles. The number of ketones is 1. The Labute approximate surface area is 124 Å². The van der Waals surface area contributed by atoms with E-state index in [1.807, 2.05) is 42.9 Å². The zero-order valence-corrected chi connectivity index (χ0v) is 12.5. The fraction of sp³-hybridized carbons (Fsp3) is 0.167. The minimum atomic E-state index is 0.0348. The SMILES string of the molecule is Cc1ccc2c(C(=O)c3ccc(N)c(C)c3)cn(C)c2c1. The van der Waals surface area contributed by atoms with Gasteiger partial charge in [-0.3, -0.25) is 4.79 Å². The van der Waals surface area contributed by atoms with Crippen LogP contribution >= 0.6 is 0 Å². The van der Waals surface area contributed by atoms with Crippen LogP contribution in [0.3, 0.4) is 0 Å². The monoisotopic (exact) mass is 278 g/mol. The molecule has 3 nitrogen and oxygen atoms in total. The van der Waals surface area contributed by atoms with Crippen molar-refractivity contribution in [2.45, 2.75) is 13.8 Å². The largest absolute Gasteiger partial charge is 0.399 e. The van der Waals surface area contributed by atoms with Gasteiger partial charge < -0.3 is 10.3 Å². The highest BCUT2D eigenvalue weighted by Crippen LogP contribution is 2.25. The van der Waals surface area contributed by atoms with Crippen molar-refractivity contribution >= 4 is 22.4 Å². The number of fused-ring (bicyclic) bond motifs is 1. The predicted octanol–water partition coefficient (Wildman–Crippen LogP) is 3.61. The molecule has 3 aromatic rings. The molecule has 2 aromatic carbocycles. The lowest BCUT2D eigenvalue weighted by Gasteiger charge is -2.04. The van der Waals surface area contributed by atoms with E-state index < -0.39 is 0 Å². The van der Waals surface area contributed by atoms with Crippen LogP contribution in [-0.2, 0) is 7.05 Å². The molecule has 0 atom stereocenters. The van der Waals surface area contributed by atoms with Crippen molar-refractivity contribution in [1.29, 1.82) is 0 Å². The molecule has 1 aromatic heterocycles. The Kier molecular flexibility index (Phi) is 3.05. The molecule has 0 aliphatic carbocycles. The van der Waals surface area contributed by atoms with Gasteiger partial charge in [0, 0.05) is 41.0 Å². The molecule has 0 fully saturated rings. The molecule has 0 radical (unpaired) electrons. The zero-order valence-electron chi connectivity index (χ0n) is 12.5. The summed E-state index contributed by atoms with van der Waals surface area (Å²) in [5, 5.41) is 0.988. The zero-order chi connectivity index (χ0) is 15.1. The molecule has 0 saturated heterocycles. The summed E-state index contributed by atoms with van der Waals surface area (Å²) in [5.41, 5.74) is 11.1. The van der Waals surface area contributed by atoms with E-state index in [1.54, 1.807) is 12.1 Å². The van der Waals surface area contributed by atoms with Crippen molar-refractivity contribution in [1.82, 2.24) is 4.57 Å². The lowest BCUT2D eigenvalue weighted by molar-refractivity contribution is 0.104. The summed E-state index contributed by atoms with van der Waals surface area (Å²) in [6.07, 6.45) is 1.90. The van der Waals surface area contributed by atoms with E-state index >= 15 is 0 Å². The van der Waals surface area contributed by atoms with Crippen molar-refractivity contribution in [2.24, 2.45) is 7.05 Å². The number of nitrogens with zero attached hydrogens (tertiary/aromatic N) is 1. The van der Waals surface area contributed by atoms with E-state index in [0.29, 0.717) is 11.3 Å². The number of aryl methyl sites for hydroxylation is 3. The van der Waals surface area contributed by atoms with Crippen LogP contribution in [0.25, 0.3) is 10.9 Å². The van der Waals surface area contributed by atoms with Gasteiger partial charge in [-0.05, 0) is 49.2 Å². The molecular formula is C18H18N2O. The number of benzene rings is 2. The van der Waals surface area contributed by atoms with E-state index in [2.05, 4.69) is 13.0 Å². The van der Waals surface area contributed by atoms with Gasteiger partial charge in [0.05, 0.1) is 0 Å². The number of carbonyl (C=O) groups is 1. The van der Waals surface area contributed by atoms with Crippen LogP contribution in [-0.4, -0.2) is 10.4 Å². The Balaban J connectivity index is 2.15. The first-order valence-electron chi connectivity index (χ1n) is 6.94. The first-order chi connectivity index (χ1) is 9.97. The normalized spacial score (nSPS) is 11.0. The van der Waals surface area contributed by atoms with Crippen molar-refractivity contribution < 1.29 is 4.79 Å². The van der Waals surface area contributed by atoms with Gasteiger partial charge in [-0.15, -0.1) is 0 Å². The number of carbonyl (C=O) groups excluding carboxylic acids is 1. The maximum absolute atomic E-state index is 12.8. The van der Waals surface area contributed by atoms with E-state index in [4.69, 9.17) is 5.73 Å².